The van der Waals surface area contributed by atoms with E-state index in [1.165, 1.54) is 0 Å². The quantitative estimate of drug-likeness (QED) is 0.715. The maximum Gasteiger partial charge on any atom is 0.226 e. The summed E-state index contributed by atoms with van der Waals surface area (Å²) in [6.45, 7) is 1.16. The van der Waals surface area contributed by atoms with Gasteiger partial charge in [-0.3, -0.25) is 4.79 Å². The van der Waals surface area contributed by atoms with Gasteiger partial charge in [0, 0.05) is 5.92 Å². The molecule has 1 saturated carbocycles. The zero-order chi connectivity index (χ0) is 11.2. The first kappa shape index (κ1) is 10.3. The standard InChI is InChI=1S/C13H19NO2/c15-12(10-4-2-1-3-5-10)14-8-13(16,9-14)11-6-7-11/h1-2,10-11,16H,3-9H2. The van der Waals surface area contributed by atoms with Gasteiger partial charge in [-0.1, -0.05) is 12.2 Å². The van der Waals surface area contributed by atoms with Crippen LogP contribution in [0.2, 0.25) is 0 Å². The lowest BCUT2D eigenvalue weighted by Crippen LogP contribution is -2.65. The summed E-state index contributed by atoms with van der Waals surface area (Å²) >= 11 is 0. The van der Waals surface area contributed by atoms with Gasteiger partial charge in [0.25, 0.3) is 0 Å². The van der Waals surface area contributed by atoms with E-state index in [0.29, 0.717) is 19.0 Å². The number of hydrogen-bond donors (Lipinski definition) is 1. The summed E-state index contributed by atoms with van der Waals surface area (Å²) in [5, 5.41) is 10.2. The average Bonchev–Trinajstić information content (AvgIpc) is 3.09. The van der Waals surface area contributed by atoms with Crippen molar-refractivity contribution >= 4 is 5.91 Å². The van der Waals surface area contributed by atoms with Gasteiger partial charge in [0.1, 0.15) is 5.60 Å². The molecule has 1 N–H and O–H groups in total. The number of nitrogens with zero attached hydrogens (tertiary/aromatic N) is 1. The van der Waals surface area contributed by atoms with Crippen molar-refractivity contribution in [1.82, 2.24) is 4.90 Å². The first-order valence-electron chi connectivity index (χ1n) is 6.35. The summed E-state index contributed by atoms with van der Waals surface area (Å²) in [5.74, 6) is 0.909. The molecule has 1 unspecified atom stereocenters. The summed E-state index contributed by atoms with van der Waals surface area (Å²) in [5.41, 5.74) is -0.528. The van der Waals surface area contributed by atoms with E-state index < -0.39 is 5.60 Å². The monoisotopic (exact) mass is 221 g/mol. The van der Waals surface area contributed by atoms with Crippen LogP contribution < -0.4 is 0 Å². The molecule has 3 nitrogen and oxygen atoms in total. The highest BCUT2D eigenvalue weighted by Gasteiger charge is 2.53. The van der Waals surface area contributed by atoms with Gasteiger partial charge in [-0.25, -0.2) is 0 Å². The van der Waals surface area contributed by atoms with Crippen LogP contribution in [0.4, 0.5) is 0 Å². The van der Waals surface area contributed by atoms with E-state index in [4.69, 9.17) is 0 Å². The molecule has 0 radical (unpaired) electrons. The number of likely N-dealkylation sites (tertiary alicyclic amines) is 1. The molecule has 88 valence electrons. The highest BCUT2D eigenvalue weighted by atomic mass is 16.3. The summed E-state index contributed by atoms with van der Waals surface area (Å²) in [4.78, 5) is 13.9. The van der Waals surface area contributed by atoms with Gasteiger partial charge in [0.05, 0.1) is 13.1 Å². The van der Waals surface area contributed by atoms with Crippen LogP contribution in [0.25, 0.3) is 0 Å². The molecular weight excluding hydrogens is 202 g/mol. The Hall–Kier alpha value is -0.830. The normalized spacial score (nSPS) is 32.3. The molecule has 3 aliphatic rings. The lowest BCUT2D eigenvalue weighted by molar-refractivity contribution is -0.163. The Balaban J connectivity index is 1.55. The number of carbonyl (C=O) groups is 1. The van der Waals surface area contributed by atoms with Crippen molar-refractivity contribution in [3.8, 4) is 0 Å². The van der Waals surface area contributed by atoms with E-state index in [1.807, 2.05) is 4.90 Å². The van der Waals surface area contributed by atoms with Gasteiger partial charge in [-0.15, -0.1) is 0 Å². The molecule has 0 aromatic carbocycles. The van der Waals surface area contributed by atoms with Crippen molar-refractivity contribution in [3.05, 3.63) is 12.2 Å². The van der Waals surface area contributed by atoms with Gasteiger partial charge in [-0.2, -0.15) is 0 Å². The third-order valence-electron chi connectivity index (χ3n) is 4.20. The first-order valence-corrected chi connectivity index (χ1v) is 6.35. The van der Waals surface area contributed by atoms with Crippen LogP contribution in [-0.4, -0.2) is 34.6 Å². The highest BCUT2D eigenvalue weighted by Crippen LogP contribution is 2.45. The predicted octanol–water partition coefficient (Wildman–Crippen LogP) is 1.33. The minimum Gasteiger partial charge on any atom is -0.386 e. The zero-order valence-corrected chi connectivity index (χ0v) is 9.56. The number of amides is 1. The maximum atomic E-state index is 12.1. The number of allylic oxidation sites excluding steroid dienone is 2. The van der Waals surface area contributed by atoms with Crippen molar-refractivity contribution in [3.63, 3.8) is 0 Å². The van der Waals surface area contributed by atoms with Crippen LogP contribution in [0.1, 0.15) is 32.1 Å². The number of aliphatic hydroxyl groups is 1. The Morgan fingerprint density at radius 1 is 1.25 bits per heavy atom. The number of β-amino-alcohol motifs (C(OH)–C–C–N with tert-alkyl or cyclic N) is 1. The molecule has 0 bridgehead atoms. The fourth-order valence-corrected chi connectivity index (χ4v) is 2.93. The maximum absolute atomic E-state index is 12.1. The van der Waals surface area contributed by atoms with Crippen LogP contribution in [0.3, 0.4) is 0 Å². The van der Waals surface area contributed by atoms with Gasteiger partial charge >= 0.3 is 0 Å². The van der Waals surface area contributed by atoms with Crippen molar-refractivity contribution < 1.29 is 9.90 Å². The van der Waals surface area contributed by atoms with Crippen LogP contribution >= 0.6 is 0 Å². The largest absolute Gasteiger partial charge is 0.386 e. The summed E-state index contributed by atoms with van der Waals surface area (Å²) in [6.07, 6.45) is 9.44. The predicted molar refractivity (Wildman–Crippen MR) is 60.7 cm³/mol. The fourth-order valence-electron chi connectivity index (χ4n) is 2.93. The van der Waals surface area contributed by atoms with E-state index >= 15 is 0 Å². The van der Waals surface area contributed by atoms with Crippen molar-refractivity contribution in [2.24, 2.45) is 11.8 Å². The molecule has 1 atom stereocenters. The van der Waals surface area contributed by atoms with E-state index in [2.05, 4.69) is 12.2 Å². The van der Waals surface area contributed by atoms with Gasteiger partial charge in [0.15, 0.2) is 0 Å². The first-order chi connectivity index (χ1) is 7.69. The summed E-state index contributed by atoms with van der Waals surface area (Å²) in [6, 6.07) is 0. The summed E-state index contributed by atoms with van der Waals surface area (Å²) < 4.78 is 0. The third kappa shape index (κ3) is 1.67. The zero-order valence-electron chi connectivity index (χ0n) is 9.56. The smallest absolute Gasteiger partial charge is 0.226 e. The Morgan fingerprint density at radius 3 is 2.56 bits per heavy atom. The number of carbonyl (C=O) groups excluding carboxylic acids is 1. The highest BCUT2D eigenvalue weighted by molar-refractivity contribution is 5.80. The minimum absolute atomic E-state index is 0.175. The molecule has 0 aromatic heterocycles. The lowest BCUT2D eigenvalue weighted by Gasteiger charge is -2.48. The molecule has 1 heterocycles. The van der Waals surface area contributed by atoms with E-state index in [-0.39, 0.29) is 11.8 Å². The average molecular weight is 221 g/mol. The Kier molecular flexibility index (Phi) is 2.32. The molecule has 0 spiro atoms. The Morgan fingerprint density at radius 2 is 2.00 bits per heavy atom. The van der Waals surface area contributed by atoms with Crippen LogP contribution in [0, 0.1) is 11.8 Å². The molecule has 0 aromatic rings. The Labute approximate surface area is 96.1 Å². The van der Waals surface area contributed by atoms with Crippen molar-refractivity contribution in [2.75, 3.05) is 13.1 Å². The van der Waals surface area contributed by atoms with Crippen LogP contribution in [0.5, 0.6) is 0 Å². The molecule has 2 fully saturated rings. The summed E-state index contributed by atoms with van der Waals surface area (Å²) in [7, 11) is 0. The fraction of sp³-hybridized carbons (Fsp3) is 0.769. The SMILES string of the molecule is O=C(C1CC=CCC1)N1CC(O)(C2CC2)C1. The molecule has 3 heteroatoms. The van der Waals surface area contributed by atoms with E-state index in [1.54, 1.807) is 0 Å². The van der Waals surface area contributed by atoms with E-state index in [0.717, 1.165) is 32.1 Å². The molecule has 1 amide bonds. The second kappa shape index (κ2) is 3.59. The molecule has 1 aliphatic heterocycles. The van der Waals surface area contributed by atoms with Gasteiger partial charge in [-0.05, 0) is 38.0 Å². The lowest BCUT2D eigenvalue weighted by atomic mass is 9.85. The van der Waals surface area contributed by atoms with Crippen LogP contribution in [0.15, 0.2) is 12.2 Å². The van der Waals surface area contributed by atoms with Gasteiger partial charge in [0.2, 0.25) is 5.91 Å². The molecular formula is C13H19NO2. The number of rotatable bonds is 2. The molecule has 16 heavy (non-hydrogen) atoms. The van der Waals surface area contributed by atoms with Gasteiger partial charge < -0.3 is 10.0 Å². The molecule has 3 rings (SSSR count). The molecule has 2 aliphatic carbocycles. The van der Waals surface area contributed by atoms with Crippen molar-refractivity contribution in [1.29, 1.82) is 0 Å². The minimum atomic E-state index is -0.528. The van der Waals surface area contributed by atoms with Crippen LogP contribution in [-0.2, 0) is 4.79 Å². The number of hydrogen-bond acceptors (Lipinski definition) is 2. The van der Waals surface area contributed by atoms with Crippen molar-refractivity contribution in [2.45, 2.75) is 37.7 Å². The molecule has 1 saturated heterocycles. The third-order valence-corrected chi connectivity index (χ3v) is 4.20. The topological polar surface area (TPSA) is 40.5 Å². The second-order valence-corrected chi connectivity index (χ2v) is 5.55. The Bertz CT molecular complexity index is 327. The second-order valence-electron chi connectivity index (χ2n) is 5.55. The van der Waals surface area contributed by atoms with E-state index in [9.17, 15) is 9.90 Å².